The number of nitrogens with zero attached hydrogens (tertiary/aromatic N) is 4. The number of aromatic amines is 1. The summed E-state index contributed by atoms with van der Waals surface area (Å²) in [6.45, 7) is 0. The lowest BCUT2D eigenvalue weighted by atomic mass is 10.2. The number of hydrogen-bond acceptors (Lipinski definition) is 5. The van der Waals surface area contributed by atoms with Gasteiger partial charge in [-0.25, -0.2) is 4.98 Å². The molecule has 0 spiro atoms. The Hall–Kier alpha value is -3.22. The second-order valence-corrected chi connectivity index (χ2v) is 4.16. The van der Waals surface area contributed by atoms with E-state index in [-0.39, 0.29) is 5.56 Å². The molecule has 7 heteroatoms. The van der Waals surface area contributed by atoms with Gasteiger partial charge in [-0.3, -0.25) is 15.3 Å². The zero-order valence-electron chi connectivity index (χ0n) is 11.0. The fraction of sp³-hybridized carbons (Fsp3) is 0. The Morgan fingerprint density at radius 3 is 3.00 bits per heavy atom. The Bertz CT molecular complexity index is 847. The van der Waals surface area contributed by atoms with Crippen molar-refractivity contribution in [2.45, 2.75) is 0 Å². The van der Waals surface area contributed by atoms with Crippen LogP contribution in [-0.4, -0.2) is 25.8 Å². The Balaban J connectivity index is 1.67. The molecule has 0 radical (unpaired) electrons. The first-order valence-electron chi connectivity index (χ1n) is 6.27. The van der Waals surface area contributed by atoms with Crippen LogP contribution in [0, 0.1) is 0 Å². The first-order valence-corrected chi connectivity index (χ1v) is 6.27. The molecule has 0 bridgehead atoms. The number of allylic oxidation sites excluding steroid dienone is 1. The van der Waals surface area contributed by atoms with Crippen molar-refractivity contribution in [1.82, 2.24) is 19.6 Å². The van der Waals surface area contributed by atoms with Gasteiger partial charge in [0.1, 0.15) is 6.33 Å². The monoisotopic (exact) mass is 280 g/mol. The molecule has 0 unspecified atom stereocenters. The molecule has 0 amide bonds. The minimum absolute atomic E-state index is 0.255. The van der Waals surface area contributed by atoms with Crippen LogP contribution >= 0.6 is 0 Å². The Kier molecular flexibility index (Phi) is 3.55. The second kappa shape index (κ2) is 5.83. The fourth-order valence-corrected chi connectivity index (χ4v) is 1.74. The van der Waals surface area contributed by atoms with E-state index in [1.807, 2.05) is 36.4 Å². The summed E-state index contributed by atoms with van der Waals surface area (Å²) in [5.74, 6) is 0.636. The van der Waals surface area contributed by atoms with E-state index in [9.17, 15) is 4.79 Å². The summed E-state index contributed by atoms with van der Waals surface area (Å²) in [6, 6.07) is 11.2. The highest BCUT2D eigenvalue weighted by Crippen LogP contribution is 2.01. The molecule has 0 aliphatic carbocycles. The molecule has 104 valence electrons. The van der Waals surface area contributed by atoms with Crippen LogP contribution in [0.2, 0.25) is 0 Å². The first kappa shape index (κ1) is 12.8. The van der Waals surface area contributed by atoms with Gasteiger partial charge in [0.15, 0.2) is 5.82 Å². The molecule has 0 saturated carbocycles. The summed E-state index contributed by atoms with van der Waals surface area (Å²) in [7, 11) is 0. The van der Waals surface area contributed by atoms with Gasteiger partial charge in [-0.05, 0) is 11.6 Å². The van der Waals surface area contributed by atoms with E-state index in [1.165, 1.54) is 16.9 Å². The van der Waals surface area contributed by atoms with E-state index in [1.54, 1.807) is 12.3 Å². The van der Waals surface area contributed by atoms with Gasteiger partial charge in [0.05, 0.1) is 0 Å². The van der Waals surface area contributed by atoms with E-state index >= 15 is 0 Å². The number of aromatic nitrogens is 4. The van der Waals surface area contributed by atoms with Crippen molar-refractivity contribution in [2.24, 2.45) is 5.10 Å². The minimum Gasteiger partial charge on any atom is -0.278 e. The van der Waals surface area contributed by atoms with Crippen molar-refractivity contribution in [3.8, 4) is 0 Å². The number of H-pyrrole nitrogens is 1. The van der Waals surface area contributed by atoms with Gasteiger partial charge in [0, 0.05) is 12.3 Å². The van der Waals surface area contributed by atoms with Gasteiger partial charge in [-0.15, -0.1) is 0 Å². The summed E-state index contributed by atoms with van der Waals surface area (Å²) in [4.78, 5) is 19.7. The SMILES string of the molecule is O=c1cc(N/N=C/C=C/c2ccccc2)nc2nc[nH]n12. The number of rotatable bonds is 4. The van der Waals surface area contributed by atoms with Crippen molar-refractivity contribution in [2.75, 3.05) is 5.43 Å². The van der Waals surface area contributed by atoms with E-state index < -0.39 is 0 Å². The van der Waals surface area contributed by atoms with E-state index in [4.69, 9.17) is 0 Å². The molecule has 2 aromatic heterocycles. The summed E-state index contributed by atoms with van der Waals surface area (Å²) in [6.07, 6.45) is 6.70. The molecular weight excluding hydrogens is 268 g/mol. The molecule has 0 atom stereocenters. The predicted octanol–water partition coefficient (Wildman–Crippen LogP) is 1.53. The highest BCUT2D eigenvalue weighted by Gasteiger charge is 2.02. The van der Waals surface area contributed by atoms with Gasteiger partial charge in [-0.1, -0.05) is 36.4 Å². The summed E-state index contributed by atoms with van der Waals surface area (Å²) >= 11 is 0. The van der Waals surface area contributed by atoms with E-state index in [0.717, 1.165) is 5.56 Å². The molecule has 1 aromatic carbocycles. The molecule has 0 fully saturated rings. The fourth-order valence-electron chi connectivity index (χ4n) is 1.74. The van der Waals surface area contributed by atoms with Crippen LogP contribution in [0.3, 0.4) is 0 Å². The summed E-state index contributed by atoms with van der Waals surface area (Å²) in [5, 5.41) is 6.64. The molecule has 3 rings (SSSR count). The quantitative estimate of drug-likeness (QED) is 0.560. The molecule has 7 nitrogen and oxygen atoms in total. The third-order valence-electron chi connectivity index (χ3n) is 2.70. The average molecular weight is 280 g/mol. The number of nitrogens with one attached hydrogen (secondary N) is 2. The largest absolute Gasteiger partial charge is 0.278 e. The molecule has 0 aliphatic rings. The zero-order valence-corrected chi connectivity index (χ0v) is 11.0. The van der Waals surface area contributed by atoms with Crippen molar-refractivity contribution in [3.63, 3.8) is 0 Å². The zero-order chi connectivity index (χ0) is 14.5. The van der Waals surface area contributed by atoms with Crippen LogP contribution in [0.5, 0.6) is 0 Å². The maximum atomic E-state index is 11.7. The Morgan fingerprint density at radius 2 is 2.14 bits per heavy atom. The van der Waals surface area contributed by atoms with Gasteiger partial charge < -0.3 is 0 Å². The first-order chi connectivity index (χ1) is 10.3. The van der Waals surface area contributed by atoms with E-state index in [0.29, 0.717) is 11.6 Å². The third kappa shape index (κ3) is 3.03. The van der Waals surface area contributed by atoms with Crippen LogP contribution in [0.15, 0.2) is 58.7 Å². The lowest BCUT2D eigenvalue weighted by molar-refractivity contribution is 0.899. The van der Waals surface area contributed by atoms with Gasteiger partial charge in [-0.2, -0.15) is 14.6 Å². The van der Waals surface area contributed by atoms with Crippen molar-refractivity contribution >= 4 is 23.9 Å². The molecule has 2 N–H and O–H groups in total. The van der Waals surface area contributed by atoms with Crippen LogP contribution in [-0.2, 0) is 0 Å². The van der Waals surface area contributed by atoms with Gasteiger partial charge in [0.25, 0.3) is 11.3 Å². The highest BCUT2D eigenvalue weighted by atomic mass is 16.1. The summed E-state index contributed by atoms with van der Waals surface area (Å²) in [5.41, 5.74) is 3.52. The van der Waals surface area contributed by atoms with Crippen LogP contribution in [0.1, 0.15) is 5.56 Å². The van der Waals surface area contributed by atoms with Crippen molar-refractivity contribution in [3.05, 3.63) is 64.7 Å². The molecule has 21 heavy (non-hydrogen) atoms. The number of hydrazone groups is 1. The lowest BCUT2D eigenvalue weighted by Gasteiger charge is -1.97. The van der Waals surface area contributed by atoms with Crippen LogP contribution in [0.25, 0.3) is 11.9 Å². The Morgan fingerprint density at radius 1 is 1.29 bits per heavy atom. The van der Waals surface area contributed by atoms with Crippen LogP contribution < -0.4 is 11.0 Å². The minimum atomic E-state index is -0.255. The molecular formula is C14H12N6O. The number of benzene rings is 1. The smallest absolute Gasteiger partial charge is 0.276 e. The van der Waals surface area contributed by atoms with Crippen molar-refractivity contribution < 1.29 is 0 Å². The Labute approximate surface area is 119 Å². The summed E-state index contributed by atoms with van der Waals surface area (Å²) < 4.78 is 1.24. The van der Waals surface area contributed by atoms with Crippen molar-refractivity contribution in [1.29, 1.82) is 0 Å². The van der Waals surface area contributed by atoms with E-state index in [2.05, 4.69) is 25.6 Å². The maximum Gasteiger partial charge on any atom is 0.276 e. The molecule has 0 saturated heterocycles. The van der Waals surface area contributed by atoms with Gasteiger partial charge in [0.2, 0.25) is 0 Å². The van der Waals surface area contributed by atoms with Gasteiger partial charge >= 0.3 is 0 Å². The molecule has 2 heterocycles. The third-order valence-corrected chi connectivity index (χ3v) is 2.70. The number of fused-ring (bicyclic) bond motifs is 1. The highest BCUT2D eigenvalue weighted by molar-refractivity contribution is 5.78. The molecule has 0 aliphatic heterocycles. The number of hydrogen-bond donors (Lipinski definition) is 2. The second-order valence-electron chi connectivity index (χ2n) is 4.16. The lowest BCUT2D eigenvalue weighted by Crippen LogP contribution is -2.15. The molecule has 3 aromatic rings. The number of anilines is 1. The predicted molar refractivity (Wildman–Crippen MR) is 81.2 cm³/mol. The topological polar surface area (TPSA) is 87.4 Å². The maximum absolute atomic E-state index is 11.7. The normalized spacial score (nSPS) is 11.6. The standard InChI is InChI=1S/C14H12N6O/c21-13-9-12(18-14-15-10-17-20(13)14)19-16-8-4-7-11-5-2-1-3-6-11/h1-10,19H,(H,15,17,18)/b7-4+,16-8+. The average Bonchev–Trinajstić information content (AvgIpc) is 2.97. The van der Waals surface area contributed by atoms with Crippen LogP contribution in [0.4, 0.5) is 5.82 Å².